The predicted octanol–water partition coefficient (Wildman–Crippen LogP) is 4.62. The van der Waals surface area contributed by atoms with E-state index in [0.29, 0.717) is 22.8 Å². The maximum atomic E-state index is 13.1. The van der Waals surface area contributed by atoms with Crippen molar-refractivity contribution in [2.45, 2.75) is 26.3 Å². The lowest BCUT2D eigenvalue weighted by Gasteiger charge is -2.26. The van der Waals surface area contributed by atoms with Crippen LogP contribution in [-0.4, -0.2) is 47.0 Å². The van der Waals surface area contributed by atoms with E-state index in [9.17, 15) is 9.59 Å². The van der Waals surface area contributed by atoms with Gasteiger partial charge in [-0.05, 0) is 74.1 Å². The Morgan fingerprint density at radius 1 is 1.16 bits per heavy atom. The van der Waals surface area contributed by atoms with Crippen LogP contribution in [0.2, 0.25) is 5.02 Å². The van der Waals surface area contributed by atoms with Crippen LogP contribution >= 0.6 is 11.6 Å². The first-order valence-corrected chi connectivity index (χ1v) is 11.0. The second-order valence-electron chi connectivity index (χ2n) is 8.13. The molecule has 6 nitrogen and oxygen atoms in total. The zero-order valence-electron chi connectivity index (χ0n) is 17.7. The molecule has 4 rings (SSSR count). The van der Waals surface area contributed by atoms with Gasteiger partial charge in [0.25, 0.3) is 5.56 Å². The number of carbonyl (C=O) groups excluding carboxylic acids is 1. The lowest BCUT2D eigenvalue weighted by molar-refractivity contribution is 0.197. The number of likely N-dealkylation sites (tertiary alicyclic amines) is 1. The number of amides is 2. The molecule has 2 amide bonds. The highest BCUT2D eigenvalue weighted by Gasteiger charge is 2.19. The topological polar surface area (TPSA) is 68.4 Å². The summed E-state index contributed by atoms with van der Waals surface area (Å²) in [7, 11) is 0. The van der Waals surface area contributed by atoms with Crippen LogP contribution in [0.25, 0.3) is 10.9 Å². The van der Waals surface area contributed by atoms with E-state index in [-0.39, 0.29) is 18.1 Å². The summed E-state index contributed by atoms with van der Waals surface area (Å²) in [6, 6.07) is 14.7. The van der Waals surface area contributed by atoms with Gasteiger partial charge in [0.2, 0.25) is 0 Å². The van der Waals surface area contributed by atoms with Gasteiger partial charge in [-0.2, -0.15) is 0 Å². The van der Waals surface area contributed by atoms with Crippen molar-refractivity contribution in [1.29, 1.82) is 0 Å². The quantitative estimate of drug-likeness (QED) is 0.590. The highest BCUT2D eigenvalue weighted by atomic mass is 35.5. The lowest BCUT2D eigenvalue weighted by atomic mass is 10.1. The molecule has 0 radical (unpaired) electrons. The molecule has 7 heteroatoms. The van der Waals surface area contributed by atoms with Crippen molar-refractivity contribution >= 4 is 34.2 Å². The minimum atomic E-state index is -0.245. The predicted molar refractivity (Wildman–Crippen MR) is 126 cm³/mol. The number of hydrogen-bond donors (Lipinski definition) is 2. The fourth-order valence-corrected chi connectivity index (χ4v) is 4.16. The Hall–Kier alpha value is -2.83. The van der Waals surface area contributed by atoms with Crippen LogP contribution in [0, 0.1) is 6.92 Å². The number of pyridine rings is 1. The van der Waals surface area contributed by atoms with E-state index in [0.717, 1.165) is 36.1 Å². The van der Waals surface area contributed by atoms with E-state index in [4.69, 9.17) is 11.6 Å². The summed E-state index contributed by atoms with van der Waals surface area (Å²) in [5.74, 6) is 0. The van der Waals surface area contributed by atoms with Crippen LogP contribution < -0.4 is 10.9 Å². The highest BCUT2D eigenvalue weighted by molar-refractivity contribution is 6.30. The maximum Gasteiger partial charge on any atom is 0.322 e. The molecular formula is C24H27ClN4O2. The van der Waals surface area contributed by atoms with Gasteiger partial charge < -0.3 is 20.1 Å². The molecule has 0 saturated carbocycles. The molecule has 1 aromatic heterocycles. The highest BCUT2D eigenvalue weighted by Crippen LogP contribution is 2.17. The van der Waals surface area contributed by atoms with Crippen molar-refractivity contribution in [3.8, 4) is 0 Å². The van der Waals surface area contributed by atoms with Gasteiger partial charge in [-0.25, -0.2) is 4.79 Å². The molecule has 2 aromatic carbocycles. The molecule has 162 valence electrons. The minimum absolute atomic E-state index is 0.167. The molecule has 1 fully saturated rings. The molecule has 2 N–H and O–H groups in total. The molecule has 0 bridgehead atoms. The summed E-state index contributed by atoms with van der Waals surface area (Å²) in [6.07, 6.45) is 2.39. The normalized spacial score (nSPS) is 14.1. The van der Waals surface area contributed by atoms with E-state index in [1.807, 2.05) is 31.2 Å². The van der Waals surface area contributed by atoms with Crippen molar-refractivity contribution in [3.63, 3.8) is 0 Å². The second-order valence-corrected chi connectivity index (χ2v) is 8.56. The van der Waals surface area contributed by atoms with Gasteiger partial charge in [0.1, 0.15) is 0 Å². The number of aryl methyl sites for hydroxylation is 1. The van der Waals surface area contributed by atoms with Gasteiger partial charge in [-0.15, -0.1) is 0 Å². The van der Waals surface area contributed by atoms with Crippen LogP contribution in [0.3, 0.4) is 0 Å². The number of nitrogens with one attached hydrogen (secondary N) is 2. The van der Waals surface area contributed by atoms with Gasteiger partial charge in [-0.1, -0.05) is 29.8 Å². The number of urea groups is 1. The van der Waals surface area contributed by atoms with Gasteiger partial charge in [-0.3, -0.25) is 4.79 Å². The third kappa shape index (κ3) is 5.46. The van der Waals surface area contributed by atoms with Gasteiger partial charge in [0, 0.05) is 34.9 Å². The smallest absolute Gasteiger partial charge is 0.322 e. The number of aromatic amines is 1. The number of benzene rings is 2. The van der Waals surface area contributed by atoms with Crippen LogP contribution in [0.4, 0.5) is 10.5 Å². The SMILES string of the molecule is Cc1ccc2cc(CN(CCN3CCCC3)C(=O)Nc3cccc(Cl)c3)c(=O)[nH]c2c1. The Kier molecular flexibility index (Phi) is 6.59. The largest absolute Gasteiger partial charge is 0.322 e. The molecule has 1 aliphatic heterocycles. The molecule has 1 aliphatic rings. The Balaban J connectivity index is 1.56. The van der Waals surface area contributed by atoms with Crippen molar-refractivity contribution in [3.05, 3.63) is 75.0 Å². The Bertz CT molecular complexity index is 1140. The summed E-state index contributed by atoms with van der Waals surface area (Å²) in [6.45, 7) is 5.66. The molecular weight excluding hydrogens is 412 g/mol. The molecule has 2 heterocycles. The Morgan fingerprint density at radius 3 is 2.74 bits per heavy atom. The standard InChI is InChI=1S/C24H27ClN4O2/c1-17-7-8-18-14-19(23(30)27-22(18)13-17)16-29(12-11-28-9-2-3-10-28)24(31)26-21-6-4-5-20(25)15-21/h4-8,13-15H,2-3,9-12,16H2,1H3,(H,26,31)(H,27,30). The van der Waals surface area contributed by atoms with Gasteiger partial charge >= 0.3 is 6.03 Å². The van der Waals surface area contributed by atoms with Crippen LogP contribution in [0.15, 0.2) is 53.3 Å². The molecule has 0 unspecified atom stereocenters. The molecule has 0 atom stereocenters. The van der Waals surface area contributed by atoms with Crippen molar-refractivity contribution in [2.75, 3.05) is 31.5 Å². The number of nitrogens with zero attached hydrogens (tertiary/aromatic N) is 2. The first-order valence-electron chi connectivity index (χ1n) is 10.6. The minimum Gasteiger partial charge on any atom is -0.322 e. The average Bonchev–Trinajstić information content (AvgIpc) is 3.25. The van der Waals surface area contributed by atoms with Crippen molar-refractivity contribution in [2.24, 2.45) is 0 Å². The van der Waals surface area contributed by atoms with E-state index in [1.165, 1.54) is 12.8 Å². The number of rotatable bonds is 6. The molecule has 1 saturated heterocycles. The summed E-state index contributed by atoms with van der Waals surface area (Å²) in [4.78, 5) is 32.8. The van der Waals surface area contributed by atoms with Crippen molar-refractivity contribution in [1.82, 2.24) is 14.8 Å². The molecule has 0 aliphatic carbocycles. The number of carbonyl (C=O) groups is 1. The van der Waals surface area contributed by atoms with Gasteiger partial charge in [0.15, 0.2) is 0 Å². The number of halogens is 1. The van der Waals surface area contributed by atoms with Crippen molar-refractivity contribution < 1.29 is 4.79 Å². The molecule has 3 aromatic rings. The van der Waals surface area contributed by atoms with Crippen LogP contribution in [0.5, 0.6) is 0 Å². The van der Waals surface area contributed by atoms with E-state index >= 15 is 0 Å². The number of hydrogen-bond acceptors (Lipinski definition) is 3. The fraction of sp³-hybridized carbons (Fsp3) is 0.333. The third-order valence-corrected chi connectivity index (χ3v) is 5.92. The second kappa shape index (κ2) is 9.54. The molecule has 0 spiro atoms. The van der Waals surface area contributed by atoms with Gasteiger partial charge in [0.05, 0.1) is 6.54 Å². The number of H-pyrrole nitrogens is 1. The third-order valence-electron chi connectivity index (χ3n) is 5.69. The first-order chi connectivity index (χ1) is 15.0. The van der Waals surface area contributed by atoms with Crippen LogP contribution in [0.1, 0.15) is 24.0 Å². The van der Waals surface area contributed by atoms with E-state index < -0.39 is 0 Å². The summed E-state index contributed by atoms with van der Waals surface area (Å²) >= 11 is 6.06. The lowest BCUT2D eigenvalue weighted by Crippen LogP contribution is -2.41. The van der Waals surface area contributed by atoms with E-state index in [1.54, 1.807) is 29.2 Å². The summed E-state index contributed by atoms with van der Waals surface area (Å²) in [5, 5.41) is 4.43. The van der Waals surface area contributed by atoms with E-state index in [2.05, 4.69) is 15.2 Å². The maximum absolute atomic E-state index is 13.1. The number of fused-ring (bicyclic) bond motifs is 1. The first kappa shape index (κ1) is 21.4. The monoisotopic (exact) mass is 438 g/mol. The summed E-state index contributed by atoms with van der Waals surface area (Å²) in [5.41, 5.74) is 2.93. The Morgan fingerprint density at radius 2 is 1.97 bits per heavy atom. The fourth-order valence-electron chi connectivity index (χ4n) is 3.97. The average molecular weight is 439 g/mol. The zero-order valence-corrected chi connectivity index (χ0v) is 18.4. The molecule has 31 heavy (non-hydrogen) atoms. The summed E-state index contributed by atoms with van der Waals surface area (Å²) < 4.78 is 0. The Labute approximate surface area is 186 Å². The van der Waals surface area contributed by atoms with Crippen LogP contribution in [-0.2, 0) is 6.54 Å². The number of anilines is 1. The zero-order chi connectivity index (χ0) is 21.8. The number of aromatic nitrogens is 1.